The molecule has 0 heterocycles. The summed E-state index contributed by atoms with van der Waals surface area (Å²) in [7, 11) is 0. The predicted octanol–water partition coefficient (Wildman–Crippen LogP) is 1.15. The summed E-state index contributed by atoms with van der Waals surface area (Å²) in [6.07, 6.45) is 1.41. The smallest absolute Gasteiger partial charge is 0.413 e. The summed E-state index contributed by atoms with van der Waals surface area (Å²) in [5.41, 5.74) is 5.76. The van der Waals surface area contributed by atoms with Crippen LogP contribution in [0, 0.1) is 11.8 Å². The average Bonchev–Trinajstić information content (AvgIpc) is 2.84. The van der Waals surface area contributed by atoms with Crippen molar-refractivity contribution in [1.82, 2.24) is 16.0 Å². The van der Waals surface area contributed by atoms with Crippen LogP contribution in [-0.2, 0) is 23.9 Å². The highest BCUT2D eigenvalue weighted by molar-refractivity contribution is 6.24. The van der Waals surface area contributed by atoms with Crippen LogP contribution in [0.1, 0.15) is 58.8 Å². The van der Waals surface area contributed by atoms with E-state index in [9.17, 15) is 24.3 Å². The zero-order valence-corrected chi connectivity index (χ0v) is 23.3. The Morgan fingerprint density at radius 1 is 1.08 bits per heavy atom. The number of hydrogen-bond acceptors (Lipinski definition) is 8. The Morgan fingerprint density at radius 2 is 1.79 bits per heavy atom. The molecule has 0 radical (unpaired) electrons. The van der Waals surface area contributed by atoms with Gasteiger partial charge in [0.1, 0.15) is 0 Å². The topological polar surface area (TPSA) is 181 Å². The van der Waals surface area contributed by atoms with Crippen LogP contribution in [0.15, 0.2) is 4.99 Å². The summed E-state index contributed by atoms with van der Waals surface area (Å²) < 4.78 is 9.79. The molecule has 216 valence electrons. The van der Waals surface area contributed by atoms with Crippen LogP contribution in [0.3, 0.4) is 0 Å². The maximum Gasteiger partial charge on any atom is 0.413 e. The minimum absolute atomic E-state index is 0.0789. The number of nitrogens with two attached hydrogens (primary N) is 1. The normalized spacial score (nSPS) is 28.5. The molecule has 38 heavy (non-hydrogen) atoms. The van der Waals surface area contributed by atoms with Crippen molar-refractivity contribution >= 4 is 53.0 Å². The van der Waals surface area contributed by atoms with E-state index >= 15 is 0 Å². The fourth-order valence-corrected chi connectivity index (χ4v) is 5.77. The lowest BCUT2D eigenvalue weighted by Crippen LogP contribution is -2.53. The van der Waals surface area contributed by atoms with Crippen molar-refractivity contribution in [3.8, 4) is 0 Å². The van der Waals surface area contributed by atoms with Crippen molar-refractivity contribution in [2.75, 3.05) is 19.8 Å². The Morgan fingerprint density at radius 3 is 2.47 bits per heavy atom. The zero-order chi connectivity index (χ0) is 28.2. The quantitative estimate of drug-likeness (QED) is 0.110. The lowest BCUT2D eigenvalue weighted by atomic mass is 9.79. The molecule has 0 aromatic rings. The van der Waals surface area contributed by atoms with E-state index in [0.717, 1.165) is 6.42 Å². The fraction of sp³-hybridized carbons (Fsp3) is 0.792. The summed E-state index contributed by atoms with van der Waals surface area (Å²) in [5, 5.41) is 17.4. The van der Waals surface area contributed by atoms with Gasteiger partial charge in [0, 0.05) is 23.3 Å². The molecular weight excluding hydrogens is 541 g/mol. The van der Waals surface area contributed by atoms with Crippen LogP contribution in [0.25, 0.3) is 0 Å². The van der Waals surface area contributed by atoms with Gasteiger partial charge in [-0.15, -0.1) is 23.2 Å². The van der Waals surface area contributed by atoms with Crippen LogP contribution in [0.2, 0.25) is 0 Å². The van der Waals surface area contributed by atoms with E-state index in [1.54, 1.807) is 13.8 Å². The van der Waals surface area contributed by atoms with Crippen molar-refractivity contribution in [1.29, 1.82) is 0 Å². The number of aliphatic hydroxyl groups excluding tert-OH is 1. The maximum absolute atomic E-state index is 12.8. The standard InChI is InChI=1S/C24H39Cl2N5O7/c1-3-37-20(33)11-18(16-9-14(25)10-17(26)21(16)34)30-19(32)12-28-22(35)13-6-5-7-15(8-13)29-23(27)31-24(36)38-4-2/h13-18,21,34H,3-12H2,1-2H3,(H,28,35)(H,30,32)(H3,27,29,31,36). The number of aliphatic hydroxyl groups is 1. The Kier molecular flexibility index (Phi) is 13.4. The number of nitrogens with zero attached hydrogens (tertiary/aromatic N) is 1. The summed E-state index contributed by atoms with van der Waals surface area (Å²) in [6, 6.07) is -1.02. The first-order valence-corrected chi connectivity index (χ1v) is 13.9. The maximum atomic E-state index is 12.8. The second-order valence-electron chi connectivity index (χ2n) is 9.52. The lowest BCUT2D eigenvalue weighted by molar-refractivity contribution is -0.144. The molecule has 0 aliphatic heterocycles. The molecule has 3 amide bonds. The Labute approximate surface area is 232 Å². The van der Waals surface area contributed by atoms with Crippen LogP contribution >= 0.6 is 23.2 Å². The number of aliphatic imine (C=N–C) groups is 1. The van der Waals surface area contributed by atoms with Gasteiger partial charge in [0.2, 0.25) is 11.8 Å². The van der Waals surface area contributed by atoms with Gasteiger partial charge in [-0.2, -0.15) is 0 Å². The van der Waals surface area contributed by atoms with Crippen LogP contribution in [0.5, 0.6) is 0 Å². The molecule has 0 aromatic heterocycles. The third-order valence-corrected chi connectivity index (χ3v) is 7.43. The summed E-state index contributed by atoms with van der Waals surface area (Å²) in [6.45, 7) is 3.40. The van der Waals surface area contributed by atoms with E-state index < -0.39 is 41.4 Å². The minimum Gasteiger partial charge on any atom is -0.466 e. The molecule has 2 aliphatic carbocycles. The van der Waals surface area contributed by atoms with Gasteiger partial charge in [-0.3, -0.25) is 19.7 Å². The molecule has 7 atom stereocenters. The number of carbonyl (C=O) groups excluding carboxylic acids is 4. The van der Waals surface area contributed by atoms with Crippen molar-refractivity contribution in [3.05, 3.63) is 0 Å². The predicted molar refractivity (Wildman–Crippen MR) is 142 cm³/mol. The third-order valence-electron chi connectivity index (χ3n) is 6.64. The van der Waals surface area contributed by atoms with E-state index in [-0.39, 0.29) is 55.4 Å². The number of nitrogens with one attached hydrogen (secondary N) is 3. The molecule has 14 heteroatoms. The fourth-order valence-electron chi connectivity index (χ4n) is 4.88. The molecule has 0 spiro atoms. The van der Waals surface area contributed by atoms with Crippen molar-refractivity contribution < 1.29 is 33.8 Å². The molecule has 2 rings (SSSR count). The molecule has 7 unspecified atom stereocenters. The number of alkyl carbamates (subject to hydrolysis) is 1. The van der Waals surface area contributed by atoms with E-state index in [0.29, 0.717) is 32.1 Å². The molecule has 2 fully saturated rings. The van der Waals surface area contributed by atoms with E-state index in [1.165, 1.54) is 0 Å². The number of guanidine groups is 1. The van der Waals surface area contributed by atoms with E-state index in [4.69, 9.17) is 38.4 Å². The first-order chi connectivity index (χ1) is 18.0. The highest BCUT2D eigenvalue weighted by Crippen LogP contribution is 2.34. The first kappa shape index (κ1) is 31.9. The molecule has 2 saturated carbocycles. The minimum atomic E-state index is -0.966. The van der Waals surface area contributed by atoms with E-state index in [1.807, 2.05) is 0 Å². The summed E-state index contributed by atoms with van der Waals surface area (Å²) >= 11 is 12.5. The van der Waals surface area contributed by atoms with Gasteiger partial charge in [-0.25, -0.2) is 9.79 Å². The van der Waals surface area contributed by atoms with Gasteiger partial charge in [-0.1, -0.05) is 6.42 Å². The highest BCUT2D eigenvalue weighted by atomic mass is 35.5. The SMILES string of the molecule is CCOC(=O)CC(NC(=O)CNC(=O)C1CCCC(N=C(N)NC(=O)OCC)C1)C1CC(Cl)CC(Cl)C1O. The molecule has 6 N–H and O–H groups in total. The summed E-state index contributed by atoms with van der Waals surface area (Å²) in [4.78, 5) is 53.5. The lowest BCUT2D eigenvalue weighted by Gasteiger charge is -2.38. The Bertz CT molecular complexity index is 862. The first-order valence-electron chi connectivity index (χ1n) is 13.0. The van der Waals surface area contributed by atoms with Crippen molar-refractivity contribution in [3.63, 3.8) is 0 Å². The zero-order valence-electron chi connectivity index (χ0n) is 21.8. The van der Waals surface area contributed by atoms with Crippen LogP contribution in [-0.4, -0.2) is 83.6 Å². The second-order valence-corrected chi connectivity index (χ2v) is 10.7. The van der Waals surface area contributed by atoms with Crippen LogP contribution < -0.4 is 21.7 Å². The number of carbonyl (C=O) groups is 4. The molecule has 2 aliphatic rings. The third kappa shape index (κ3) is 10.5. The largest absolute Gasteiger partial charge is 0.466 e. The molecule has 0 bridgehead atoms. The van der Waals surface area contributed by atoms with Gasteiger partial charge in [0.05, 0.1) is 43.7 Å². The van der Waals surface area contributed by atoms with Gasteiger partial charge < -0.3 is 30.9 Å². The number of amides is 3. The average molecular weight is 581 g/mol. The number of hydrogen-bond donors (Lipinski definition) is 5. The molecular formula is C24H39Cl2N5O7. The Hall–Kier alpha value is -2.31. The van der Waals surface area contributed by atoms with Crippen molar-refractivity contribution in [2.24, 2.45) is 22.6 Å². The monoisotopic (exact) mass is 579 g/mol. The van der Waals surface area contributed by atoms with Gasteiger partial charge in [0.15, 0.2) is 5.96 Å². The molecule has 0 aromatic carbocycles. The van der Waals surface area contributed by atoms with Gasteiger partial charge >= 0.3 is 12.1 Å². The number of halogens is 2. The number of ether oxygens (including phenoxy) is 2. The van der Waals surface area contributed by atoms with Gasteiger partial charge in [0.25, 0.3) is 0 Å². The number of rotatable bonds is 10. The van der Waals surface area contributed by atoms with Crippen molar-refractivity contribution in [2.45, 2.75) is 87.7 Å². The van der Waals surface area contributed by atoms with Gasteiger partial charge in [-0.05, 0) is 46.0 Å². The molecule has 0 saturated heterocycles. The second kappa shape index (κ2) is 15.9. The summed E-state index contributed by atoms with van der Waals surface area (Å²) in [5.74, 6) is -2.37. The Balaban J connectivity index is 1.93. The van der Waals surface area contributed by atoms with Crippen LogP contribution in [0.4, 0.5) is 4.79 Å². The number of esters is 1. The highest BCUT2D eigenvalue weighted by Gasteiger charge is 2.41. The molecule has 12 nitrogen and oxygen atoms in total. The number of alkyl halides is 2. The van der Waals surface area contributed by atoms with E-state index in [2.05, 4.69) is 20.9 Å².